The van der Waals surface area contributed by atoms with E-state index in [1.165, 1.54) is 32.4 Å². The van der Waals surface area contributed by atoms with Gasteiger partial charge in [0.15, 0.2) is 0 Å². The zero-order chi connectivity index (χ0) is 11.9. The van der Waals surface area contributed by atoms with E-state index in [1.54, 1.807) is 0 Å². The van der Waals surface area contributed by atoms with E-state index in [0.29, 0.717) is 0 Å². The van der Waals surface area contributed by atoms with Crippen LogP contribution in [0, 0.1) is 0 Å². The predicted octanol–water partition coefficient (Wildman–Crippen LogP) is 2.46. The zero-order valence-corrected chi connectivity index (χ0v) is 11.2. The molecule has 1 saturated heterocycles. The Morgan fingerprint density at radius 3 is 2.71 bits per heavy atom. The highest BCUT2D eigenvalue weighted by atomic mass is 32.2. The third-order valence-electron chi connectivity index (χ3n) is 3.05. The fourth-order valence-corrected chi connectivity index (χ4v) is 2.85. The normalized spacial score (nSPS) is 17.5. The van der Waals surface area contributed by atoms with Crippen molar-refractivity contribution in [3.63, 3.8) is 0 Å². The first kappa shape index (κ1) is 13.0. The van der Waals surface area contributed by atoms with Crippen molar-refractivity contribution in [3.8, 4) is 0 Å². The van der Waals surface area contributed by atoms with Crippen LogP contribution in [-0.4, -0.2) is 30.3 Å². The summed E-state index contributed by atoms with van der Waals surface area (Å²) in [7, 11) is 0. The molecule has 0 saturated carbocycles. The second kappa shape index (κ2) is 7.09. The van der Waals surface area contributed by atoms with Crippen molar-refractivity contribution >= 4 is 11.8 Å². The monoisotopic (exact) mass is 254 g/mol. The lowest BCUT2D eigenvalue weighted by Crippen LogP contribution is -2.28. The average Bonchev–Trinajstić information content (AvgIpc) is 2.79. The van der Waals surface area contributed by atoms with Crippen LogP contribution < -0.4 is 5.73 Å². The van der Waals surface area contributed by atoms with Crippen LogP contribution in [-0.2, 0) is 12.3 Å². The fourth-order valence-electron chi connectivity index (χ4n) is 2.18. The highest BCUT2D eigenvalue weighted by Gasteiger charge is 2.12. The Hall–Kier alpha value is -0.450. The van der Waals surface area contributed by atoms with E-state index >= 15 is 0 Å². The molecule has 17 heavy (non-hydrogen) atoms. The maximum atomic E-state index is 5.83. The molecule has 0 aliphatic carbocycles. The number of nitrogens with zero attached hydrogens (tertiary/aromatic N) is 1. The van der Waals surface area contributed by atoms with Gasteiger partial charge in [-0.05, 0) is 38.1 Å². The number of thioether (sulfide) groups is 1. The molecular formula is C13H22N2OS. The van der Waals surface area contributed by atoms with Crippen molar-refractivity contribution in [2.45, 2.75) is 31.6 Å². The van der Waals surface area contributed by atoms with Gasteiger partial charge in [0.2, 0.25) is 0 Å². The molecule has 1 aliphatic rings. The van der Waals surface area contributed by atoms with Gasteiger partial charge in [-0.1, -0.05) is 6.42 Å². The van der Waals surface area contributed by atoms with Gasteiger partial charge in [0.25, 0.3) is 0 Å². The van der Waals surface area contributed by atoms with E-state index in [2.05, 4.69) is 17.0 Å². The quantitative estimate of drug-likeness (QED) is 0.792. The Balaban J connectivity index is 1.76. The minimum atomic E-state index is 0.742. The summed E-state index contributed by atoms with van der Waals surface area (Å²) in [6.45, 7) is 4.16. The number of likely N-dealkylation sites (tertiary alicyclic amines) is 1. The van der Waals surface area contributed by atoms with E-state index in [4.69, 9.17) is 10.2 Å². The van der Waals surface area contributed by atoms with Gasteiger partial charge in [-0.15, -0.1) is 0 Å². The highest BCUT2D eigenvalue weighted by Crippen LogP contribution is 2.18. The molecule has 0 radical (unpaired) electrons. The van der Waals surface area contributed by atoms with Crippen LogP contribution in [0.4, 0.5) is 0 Å². The van der Waals surface area contributed by atoms with E-state index in [9.17, 15) is 0 Å². The van der Waals surface area contributed by atoms with Gasteiger partial charge in [-0.25, -0.2) is 0 Å². The van der Waals surface area contributed by atoms with Crippen LogP contribution in [0.25, 0.3) is 0 Å². The summed E-state index contributed by atoms with van der Waals surface area (Å²) in [5, 5.41) is 0. The molecule has 0 atom stereocenters. The molecule has 0 aromatic carbocycles. The first-order valence-electron chi connectivity index (χ1n) is 6.46. The number of rotatable bonds is 6. The summed E-state index contributed by atoms with van der Waals surface area (Å²) in [6.07, 6.45) is 4.05. The van der Waals surface area contributed by atoms with Crippen molar-refractivity contribution in [2.24, 2.45) is 5.73 Å². The molecule has 0 amide bonds. The van der Waals surface area contributed by atoms with Gasteiger partial charge in [-0.2, -0.15) is 11.8 Å². The first-order chi connectivity index (χ1) is 8.38. The number of hydrogen-bond acceptors (Lipinski definition) is 4. The maximum Gasteiger partial charge on any atom is 0.118 e. The third-order valence-corrected chi connectivity index (χ3v) is 4.06. The van der Waals surface area contributed by atoms with Crippen LogP contribution in [0.1, 0.15) is 30.8 Å². The van der Waals surface area contributed by atoms with E-state index in [-0.39, 0.29) is 0 Å². The number of hydrogen-bond donors (Lipinski definition) is 1. The highest BCUT2D eigenvalue weighted by molar-refractivity contribution is 7.98. The fraction of sp³-hybridized carbons (Fsp3) is 0.692. The van der Waals surface area contributed by atoms with Crippen LogP contribution in [0.15, 0.2) is 16.5 Å². The molecule has 1 aliphatic heterocycles. The molecule has 96 valence electrons. The van der Waals surface area contributed by atoms with Gasteiger partial charge in [0.05, 0.1) is 12.3 Å². The average molecular weight is 254 g/mol. The number of piperidine rings is 1. The Labute approximate surface area is 108 Å². The van der Waals surface area contributed by atoms with Gasteiger partial charge >= 0.3 is 0 Å². The van der Waals surface area contributed by atoms with E-state index in [1.807, 2.05) is 11.8 Å². The standard InChI is InChI=1S/C13H22N2OS/c14-6-9-17-11-13-5-4-12(16-13)10-15-7-2-1-3-8-15/h4-5H,1-3,6-11,14H2. The SMILES string of the molecule is NCCSCc1ccc(CN2CCCCC2)o1. The summed E-state index contributed by atoms with van der Waals surface area (Å²) in [5.41, 5.74) is 5.46. The molecule has 0 bridgehead atoms. The molecule has 2 heterocycles. The second-order valence-electron chi connectivity index (χ2n) is 4.55. The summed E-state index contributed by atoms with van der Waals surface area (Å²) in [4.78, 5) is 2.49. The molecule has 1 aromatic heterocycles. The van der Waals surface area contributed by atoms with Gasteiger partial charge in [0.1, 0.15) is 11.5 Å². The molecule has 0 spiro atoms. The zero-order valence-electron chi connectivity index (χ0n) is 10.4. The van der Waals surface area contributed by atoms with E-state index < -0.39 is 0 Å². The molecular weight excluding hydrogens is 232 g/mol. The van der Waals surface area contributed by atoms with Crippen molar-refractivity contribution in [1.82, 2.24) is 4.90 Å². The van der Waals surface area contributed by atoms with E-state index in [0.717, 1.165) is 36.1 Å². The smallest absolute Gasteiger partial charge is 0.118 e. The lowest BCUT2D eigenvalue weighted by Gasteiger charge is -2.25. The lowest BCUT2D eigenvalue weighted by molar-refractivity contribution is 0.204. The number of nitrogens with two attached hydrogens (primary N) is 1. The Morgan fingerprint density at radius 2 is 1.94 bits per heavy atom. The van der Waals surface area contributed by atoms with Gasteiger partial charge in [-0.3, -0.25) is 4.90 Å². The first-order valence-corrected chi connectivity index (χ1v) is 7.62. The minimum Gasteiger partial charge on any atom is -0.464 e. The predicted molar refractivity (Wildman–Crippen MR) is 73.1 cm³/mol. The topological polar surface area (TPSA) is 42.4 Å². The van der Waals surface area contributed by atoms with Gasteiger partial charge < -0.3 is 10.2 Å². The molecule has 1 aromatic rings. The Kier molecular flexibility index (Phi) is 5.42. The lowest BCUT2D eigenvalue weighted by atomic mass is 10.1. The van der Waals surface area contributed by atoms with Crippen molar-refractivity contribution in [2.75, 3.05) is 25.4 Å². The Morgan fingerprint density at radius 1 is 1.18 bits per heavy atom. The largest absolute Gasteiger partial charge is 0.464 e. The van der Waals surface area contributed by atoms with Crippen molar-refractivity contribution in [3.05, 3.63) is 23.7 Å². The van der Waals surface area contributed by atoms with Crippen LogP contribution in [0.2, 0.25) is 0 Å². The van der Waals surface area contributed by atoms with Crippen LogP contribution in [0.5, 0.6) is 0 Å². The summed E-state index contributed by atoms with van der Waals surface area (Å²) >= 11 is 1.83. The van der Waals surface area contributed by atoms with Crippen molar-refractivity contribution < 1.29 is 4.42 Å². The van der Waals surface area contributed by atoms with Crippen molar-refractivity contribution in [1.29, 1.82) is 0 Å². The van der Waals surface area contributed by atoms with Gasteiger partial charge in [0, 0.05) is 12.3 Å². The van der Waals surface area contributed by atoms with Crippen LogP contribution >= 0.6 is 11.8 Å². The Bertz CT molecular complexity index is 321. The summed E-state index contributed by atoms with van der Waals surface area (Å²) < 4.78 is 5.83. The molecule has 0 unspecified atom stereocenters. The summed E-state index contributed by atoms with van der Waals surface area (Å²) in [6, 6.07) is 4.22. The molecule has 3 nitrogen and oxygen atoms in total. The minimum absolute atomic E-state index is 0.742. The van der Waals surface area contributed by atoms with Crippen LogP contribution in [0.3, 0.4) is 0 Å². The number of furan rings is 1. The third kappa shape index (κ3) is 4.37. The molecule has 1 fully saturated rings. The molecule has 2 N–H and O–H groups in total. The second-order valence-corrected chi connectivity index (χ2v) is 5.65. The maximum absolute atomic E-state index is 5.83. The molecule has 4 heteroatoms. The molecule has 2 rings (SSSR count). The summed E-state index contributed by atoms with van der Waals surface area (Å²) in [5.74, 6) is 4.13.